The van der Waals surface area contributed by atoms with Gasteiger partial charge in [-0.1, -0.05) is 6.07 Å². The van der Waals surface area contributed by atoms with E-state index in [4.69, 9.17) is 10.5 Å². The zero-order chi connectivity index (χ0) is 18.6. The average Bonchev–Trinajstić information content (AvgIpc) is 3.04. The number of aliphatic hydroxyl groups excluding tert-OH is 1. The molecular weight excluding hydrogens is 320 g/mol. The lowest BCUT2D eigenvalue weighted by atomic mass is 10.0. The van der Waals surface area contributed by atoms with Crippen LogP contribution in [0.25, 0.3) is 0 Å². The molecule has 1 saturated heterocycles. The second kappa shape index (κ2) is 7.93. The van der Waals surface area contributed by atoms with E-state index in [0.29, 0.717) is 5.69 Å². The van der Waals surface area contributed by atoms with Gasteiger partial charge in [0.05, 0.1) is 17.4 Å². The molecule has 7 nitrogen and oxygen atoms in total. The number of carbonyl (C=O) groups excluding carboxylic acids is 1. The van der Waals surface area contributed by atoms with Crippen LogP contribution >= 0.6 is 0 Å². The van der Waals surface area contributed by atoms with Crippen LogP contribution in [-0.2, 0) is 4.74 Å². The molecular formula is C18H30N4O3. The van der Waals surface area contributed by atoms with Crippen molar-refractivity contribution in [3.05, 3.63) is 23.8 Å². The number of anilines is 2. The summed E-state index contributed by atoms with van der Waals surface area (Å²) in [5.74, 6) is 0. The maximum absolute atomic E-state index is 12.3. The van der Waals surface area contributed by atoms with Crippen molar-refractivity contribution in [2.75, 3.05) is 31.2 Å². The molecule has 1 aromatic carbocycles. The molecule has 1 aromatic rings. The Morgan fingerprint density at radius 3 is 2.48 bits per heavy atom. The number of aliphatic hydroxyl groups is 1. The number of hydrogen-bond acceptors (Lipinski definition) is 6. The molecule has 0 aromatic heterocycles. The maximum atomic E-state index is 12.3. The molecule has 1 amide bonds. The molecule has 0 saturated carbocycles. The number of likely N-dealkylation sites (tertiary alicyclic amines) is 1. The first kappa shape index (κ1) is 19.3. The zero-order valence-electron chi connectivity index (χ0n) is 15.5. The fourth-order valence-corrected chi connectivity index (χ4v) is 2.98. The second-order valence-corrected chi connectivity index (χ2v) is 7.38. The Morgan fingerprint density at radius 1 is 1.32 bits per heavy atom. The highest BCUT2D eigenvalue weighted by Crippen LogP contribution is 2.28. The highest BCUT2D eigenvalue weighted by Gasteiger charge is 2.31. The molecule has 1 fully saturated rings. The zero-order valence-corrected chi connectivity index (χ0v) is 15.5. The van der Waals surface area contributed by atoms with Gasteiger partial charge in [0.1, 0.15) is 11.8 Å². The molecule has 25 heavy (non-hydrogen) atoms. The number of nitrogen functional groups attached to an aromatic ring is 1. The number of alkyl carbamates (subject to hydrolysis) is 1. The van der Waals surface area contributed by atoms with Gasteiger partial charge in [0, 0.05) is 20.1 Å². The van der Waals surface area contributed by atoms with Crippen molar-refractivity contribution in [2.45, 2.75) is 51.5 Å². The number of amides is 1. The third-order valence-corrected chi connectivity index (χ3v) is 4.19. The van der Waals surface area contributed by atoms with Crippen LogP contribution < -0.4 is 16.4 Å². The molecule has 2 unspecified atom stereocenters. The predicted octanol–water partition coefficient (Wildman–Crippen LogP) is 2.29. The summed E-state index contributed by atoms with van der Waals surface area (Å²) in [5, 5.41) is 16.6. The lowest BCUT2D eigenvalue weighted by molar-refractivity contribution is -0.0165. The van der Waals surface area contributed by atoms with Gasteiger partial charge in [-0.3, -0.25) is 4.90 Å². The van der Waals surface area contributed by atoms with Gasteiger partial charge in [0.15, 0.2) is 0 Å². The van der Waals surface area contributed by atoms with Crippen LogP contribution in [0, 0.1) is 0 Å². The number of ether oxygens (including phenoxy) is 1. The Bertz CT molecular complexity index is 594. The fourth-order valence-electron chi connectivity index (χ4n) is 2.98. The Labute approximate surface area is 149 Å². The number of hydrogen-bond donors (Lipinski definition) is 4. The number of nitrogens with one attached hydrogen (secondary N) is 2. The van der Waals surface area contributed by atoms with Gasteiger partial charge in [-0.05, 0) is 51.3 Å². The van der Waals surface area contributed by atoms with Gasteiger partial charge < -0.3 is 26.2 Å². The number of nitrogens with two attached hydrogens (primary N) is 1. The molecule has 0 radical (unpaired) electrons. The van der Waals surface area contributed by atoms with Gasteiger partial charge in [-0.15, -0.1) is 0 Å². The van der Waals surface area contributed by atoms with Crippen LogP contribution in [0.1, 0.15) is 45.2 Å². The van der Waals surface area contributed by atoms with Crippen molar-refractivity contribution >= 4 is 17.5 Å². The Hall–Kier alpha value is -1.99. The van der Waals surface area contributed by atoms with Gasteiger partial charge in [-0.25, -0.2) is 4.79 Å². The second-order valence-electron chi connectivity index (χ2n) is 7.38. The molecule has 1 aliphatic rings. The van der Waals surface area contributed by atoms with E-state index < -0.39 is 24.0 Å². The highest BCUT2D eigenvalue weighted by atomic mass is 16.6. The first-order valence-electron chi connectivity index (χ1n) is 8.70. The third-order valence-electron chi connectivity index (χ3n) is 4.19. The summed E-state index contributed by atoms with van der Waals surface area (Å²) >= 11 is 0. The van der Waals surface area contributed by atoms with Crippen molar-refractivity contribution in [3.63, 3.8) is 0 Å². The van der Waals surface area contributed by atoms with Gasteiger partial charge in [0.2, 0.25) is 0 Å². The first-order valence-corrected chi connectivity index (χ1v) is 8.70. The summed E-state index contributed by atoms with van der Waals surface area (Å²) in [6.45, 7) is 7.02. The van der Waals surface area contributed by atoms with Crippen molar-refractivity contribution in [3.8, 4) is 0 Å². The van der Waals surface area contributed by atoms with E-state index in [9.17, 15) is 9.90 Å². The summed E-state index contributed by atoms with van der Waals surface area (Å²) in [4.78, 5) is 14.2. The van der Waals surface area contributed by atoms with Crippen LogP contribution in [0.2, 0.25) is 0 Å². The summed E-state index contributed by atoms with van der Waals surface area (Å²) in [5.41, 5.74) is 7.54. The Morgan fingerprint density at radius 2 is 1.96 bits per heavy atom. The monoisotopic (exact) mass is 350 g/mol. The van der Waals surface area contributed by atoms with E-state index in [1.807, 2.05) is 17.0 Å². The van der Waals surface area contributed by atoms with Crippen LogP contribution in [0.5, 0.6) is 0 Å². The minimum atomic E-state index is -0.838. The van der Waals surface area contributed by atoms with Crippen LogP contribution in [0.15, 0.2) is 18.2 Å². The van der Waals surface area contributed by atoms with E-state index in [2.05, 4.69) is 10.6 Å². The first-order chi connectivity index (χ1) is 11.7. The third kappa shape index (κ3) is 5.24. The normalized spacial score (nSPS) is 17.8. The molecule has 0 spiro atoms. The summed E-state index contributed by atoms with van der Waals surface area (Å²) in [6.07, 6.45) is 0.676. The molecule has 140 valence electrons. The smallest absolute Gasteiger partial charge is 0.408 e. The summed E-state index contributed by atoms with van der Waals surface area (Å²) < 4.78 is 5.35. The number of carbonyl (C=O) groups is 1. The van der Waals surface area contributed by atoms with Gasteiger partial charge >= 0.3 is 6.09 Å². The molecule has 1 heterocycles. The van der Waals surface area contributed by atoms with Gasteiger partial charge in [-0.2, -0.15) is 0 Å². The SMILES string of the molecule is CNc1ccc(C(NC(=O)OC(C)(C)C)C(O)N2CCCC2)cc1N. The fraction of sp³-hybridized carbons (Fsp3) is 0.611. The topological polar surface area (TPSA) is 99.8 Å². The van der Waals surface area contributed by atoms with Crippen molar-refractivity contribution in [2.24, 2.45) is 0 Å². The van der Waals surface area contributed by atoms with E-state index in [-0.39, 0.29) is 0 Å². The van der Waals surface area contributed by atoms with E-state index >= 15 is 0 Å². The van der Waals surface area contributed by atoms with Crippen molar-refractivity contribution < 1.29 is 14.6 Å². The molecule has 2 atom stereocenters. The molecule has 5 N–H and O–H groups in total. The Kier molecular flexibility index (Phi) is 6.13. The molecule has 7 heteroatoms. The summed E-state index contributed by atoms with van der Waals surface area (Å²) in [6, 6.07) is 4.84. The van der Waals surface area contributed by atoms with Crippen LogP contribution in [-0.4, -0.2) is 48.1 Å². The van der Waals surface area contributed by atoms with Crippen LogP contribution in [0.4, 0.5) is 16.2 Å². The molecule has 2 rings (SSSR count). The van der Waals surface area contributed by atoms with E-state index in [1.54, 1.807) is 33.9 Å². The van der Waals surface area contributed by atoms with Crippen molar-refractivity contribution in [1.29, 1.82) is 0 Å². The van der Waals surface area contributed by atoms with Crippen LogP contribution in [0.3, 0.4) is 0 Å². The average molecular weight is 350 g/mol. The highest BCUT2D eigenvalue weighted by molar-refractivity contribution is 5.70. The Balaban J connectivity index is 2.24. The predicted molar refractivity (Wildman–Crippen MR) is 99.3 cm³/mol. The molecule has 1 aliphatic heterocycles. The number of rotatable bonds is 5. The summed E-state index contributed by atoms with van der Waals surface area (Å²) in [7, 11) is 1.79. The number of benzene rings is 1. The largest absolute Gasteiger partial charge is 0.444 e. The van der Waals surface area contributed by atoms with Gasteiger partial charge in [0.25, 0.3) is 0 Å². The van der Waals surface area contributed by atoms with Crippen molar-refractivity contribution in [1.82, 2.24) is 10.2 Å². The maximum Gasteiger partial charge on any atom is 0.408 e. The lowest BCUT2D eigenvalue weighted by Gasteiger charge is -2.32. The lowest BCUT2D eigenvalue weighted by Crippen LogP contribution is -2.46. The minimum absolute atomic E-state index is 0.560. The number of nitrogens with zero attached hydrogens (tertiary/aromatic N) is 1. The molecule has 0 bridgehead atoms. The van der Waals surface area contributed by atoms with E-state index in [1.165, 1.54) is 0 Å². The standard InChI is InChI=1S/C18H30N4O3/c1-18(2,3)25-17(24)21-15(16(23)22-9-5-6-10-22)12-7-8-14(20-4)13(19)11-12/h7-8,11,15-16,20,23H,5-6,9-10,19H2,1-4H3,(H,21,24). The van der Waals surface area contributed by atoms with E-state index in [0.717, 1.165) is 37.2 Å². The quantitative estimate of drug-likeness (QED) is 0.608. The molecule has 0 aliphatic carbocycles. The minimum Gasteiger partial charge on any atom is -0.444 e.